The van der Waals surface area contributed by atoms with Crippen LogP contribution < -0.4 is 10.6 Å². The number of hydrogen-bond acceptors (Lipinski definition) is 8. The number of nitrogens with one attached hydrogen (secondary N) is 2. The molecule has 0 saturated heterocycles. The van der Waals surface area contributed by atoms with Gasteiger partial charge in [-0.3, -0.25) is 10.1 Å². The third kappa shape index (κ3) is 5.93. The standard InChI is InChI=1S/C14H19N5O3S2/c1-4-8(2)15-13(21)17-11(20)7-24-14-19-18-12(22-14)5-10-6-23-9(3)16-10/h6,8H,4-5,7H2,1-3H3,(H2,15,17,20,21)/t8-/m0/s1. The van der Waals surface area contributed by atoms with Crippen LogP contribution in [0.15, 0.2) is 15.0 Å². The van der Waals surface area contributed by atoms with Gasteiger partial charge in [-0.05, 0) is 20.3 Å². The van der Waals surface area contributed by atoms with Crippen molar-refractivity contribution in [2.75, 3.05) is 5.75 Å². The van der Waals surface area contributed by atoms with Crippen LogP contribution in [0, 0.1) is 6.92 Å². The van der Waals surface area contributed by atoms with Gasteiger partial charge in [-0.1, -0.05) is 18.7 Å². The predicted molar refractivity (Wildman–Crippen MR) is 91.1 cm³/mol. The number of aryl methyl sites for hydroxylation is 1. The van der Waals surface area contributed by atoms with Crippen LogP contribution in [-0.2, 0) is 11.2 Å². The Morgan fingerprint density at radius 1 is 1.42 bits per heavy atom. The van der Waals surface area contributed by atoms with Crippen molar-refractivity contribution in [3.8, 4) is 0 Å². The first-order valence-corrected chi connectivity index (χ1v) is 9.29. The molecule has 130 valence electrons. The molecule has 10 heteroatoms. The number of urea groups is 1. The maximum atomic E-state index is 11.7. The molecule has 2 aromatic heterocycles. The molecule has 0 spiro atoms. The van der Waals surface area contributed by atoms with Crippen LogP contribution in [-0.4, -0.2) is 38.9 Å². The number of rotatable bonds is 7. The molecule has 2 aromatic rings. The first kappa shape index (κ1) is 18.4. The van der Waals surface area contributed by atoms with Crippen LogP contribution in [0.3, 0.4) is 0 Å². The first-order chi connectivity index (χ1) is 11.5. The predicted octanol–water partition coefficient (Wildman–Crippen LogP) is 2.14. The largest absolute Gasteiger partial charge is 0.416 e. The molecule has 2 heterocycles. The van der Waals surface area contributed by atoms with Crippen molar-refractivity contribution in [3.05, 3.63) is 22.0 Å². The van der Waals surface area contributed by atoms with E-state index in [1.165, 1.54) is 0 Å². The SMILES string of the molecule is CC[C@H](C)NC(=O)NC(=O)CSc1nnc(Cc2csc(C)n2)o1. The average molecular weight is 369 g/mol. The molecule has 0 aliphatic rings. The fourth-order valence-corrected chi connectivity index (χ4v) is 2.86. The lowest BCUT2D eigenvalue weighted by Crippen LogP contribution is -2.43. The van der Waals surface area contributed by atoms with E-state index in [2.05, 4.69) is 25.8 Å². The summed E-state index contributed by atoms with van der Waals surface area (Å²) in [5.41, 5.74) is 0.872. The van der Waals surface area contributed by atoms with Crippen molar-refractivity contribution in [2.45, 2.75) is 44.9 Å². The van der Waals surface area contributed by atoms with Gasteiger partial charge < -0.3 is 9.73 Å². The molecule has 0 aliphatic heterocycles. The summed E-state index contributed by atoms with van der Waals surface area (Å²) in [6, 6.07) is -0.488. The number of hydrogen-bond donors (Lipinski definition) is 2. The van der Waals surface area contributed by atoms with Gasteiger partial charge in [-0.25, -0.2) is 9.78 Å². The van der Waals surface area contributed by atoms with Crippen molar-refractivity contribution >= 4 is 35.0 Å². The van der Waals surface area contributed by atoms with Crippen molar-refractivity contribution in [1.82, 2.24) is 25.8 Å². The van der Waals surface area contributed by atoms with Gasteiger partial charge in [0.05, 0.1) is 22.9 Å². The summed E-state index contributed by atoms with van der Waals surface area (Å²) in [5.74, 6) is 0.0409. The highest BCUT2D eigenvalue weighted by Crippen LogP contribution is 2.18. The lowest BCUT2D eigenvalue weighted by Gasteiger charge is -2.11. The average Bonchev–Trinajstić information content (AvgIpc) is 3.14. The van der Waals surface area contributed by atoms with E-state index in [4.69, 9.17) is 4.42 Å². The second-order valence-corrected chi connectivity index (χ2v) is 7.10. The molecule has 0 fully saturated rings. The highest BCUT2D eigenvalue weighted by molar-refractivity contribution is 7.99. The van der Waals surface area contributed by atoms with Gasteiger partial charge in [-0.15, -0.1) is 21.5 Å². The van der Waals surface area contributed by atoms with E-state index < -0.39 is 11.9 Å². The molecular formula is C14H19N5O3S2. The molecular weight excluding hydrogens is 350 g/mol. The Hall–Kier alpha value is -1.94. The van der Waals surface area contributed by atoms with Crippen LogP contribution in [0.5, 0.6) is 0 Å². The molecule has 2 rings (SSSR count). The molecule has 0 aromatic carbocycles. The van der Waals surface area contributed by atoms with Crippen LogP contribution in [0.2, 0.25) is 0 Å². The number of carbonyl (C=O) groups excluding carboxylic acids is 2. The lowest BCUT2D eigenvalue weighted by molar-refractivity contribution is -0.117. The Bertz CT molecular complexity index is 700. The minimum Gasteiger partial charge on any atom is -0.416 e. The number of carbonyl (C=O) groups is 2. The number of nitrogens with zero attached hydrogens (tertiary/aromatic N) is 3. The molecule has 2 N–H and O–H groups in total. The van der Waals surface area contributed by atoms with E-state index in [1.807, 2.05) is 26.2 Å². The van der Waals surface area contributed by atoms with Crippen molar-refractivity contribution < 1.29 is 14.0 Å². The normalized spacial score (nSPS) is 12.0. The van der Waals surface area contributed by atoms with Gasteiger partial charge in [0.2, 0.25) is 11.8 Å². The third-order valence-corrected chi connectivity index (χ3v) is 4.66. The fraction of sp³-hybridized carbons (Fsp3) is 0.500. The van der Waals surface area contributed by atoms with Crippen LogP contribution in [0.25, 0.3) is 0 Å². The van der Waals surface area contributed by atoms with Crippen LogP contribution in [0.4, 0.5) is 4.79 Å². The fourth-order valence-electron chi connectivity index (χ4n) is 1.66. The van der Waals surface area contributed by atoms with Crippen molar-refractivity contribution in [3.63, 3.8) is 0 Å². The quantitative estimate of drug-likeness (QED) is 0.719. The topological polar surface area (TPSA) is 110 Å². The number of amides is 3. The zero-order chi connectivity index (χ0) is 17.5. The smallest absolute Gasteiger partial charge is 0.321 e. The van der Waals surface area contributed by atoms with Crippen molar-refractivity contribution in [2.24, 2.45) is 0 Å². The monoisotopic (exact) mass is 369 g/mol. The van der Waals surface area contributed by atoms with E-state index in [1.54, 1.807) is 11.3 Å². The molecule has 24 heavy (non-hydrogen) atoms. The highest BCUT2D eigenvalue weighted by atomic mass is 32.2. The highest BCUT2D eigenvalue weighted by Gasteiger charge is 2.13. The molecule has 0 bridgehead atoms. The van der Waals surface area contributed by atoms with Crippen LogP contribution in [0.1, 0.15) is 36.9 Å². The van der Waals surface area contributed by atoms with Gasteiger partial charge in [0.1, 0.15) is 0 Å². The summed E-state index contributed by atoms with van der Waals surface area (Å²) in [7, 11) is 0. The summed E-state index contributed by atoms with van der Waals surface area (Å²) < 4.78 is 5.46. The summed E-state index contributed by atoms with van der Waals surface area (Å²) in [6.45, 7) is 5.74. The van der Waals surface area contributed by atoms with Gasteiger partial charge in [0.25, 0.3) is 5.22 Å². The summed E-state index contributed by atoms with van der Waals surface area (Å²) in [6.07, 6.45) is 1.25. The Labute approximate surface area is 147 Å². The molecule has 0 aliphatic carbocycles. The number of aromatic nitrogens is 3. The number of thiazole rings is 1. The Balaban J connectivity index is 1.76. The molecule has 0 saturated carbocycles. The third-order valence-electron chi connectivity index (χ3n) is 3.02. The zero-order valence-corrected chi connectivity index (χ0v) is 15.3. The van der Waals surface area contributed by atoms with E-state index in [-0.39, 0.29) is 17.0 Å². The maximum absolute atomic E-state index is 11.7. The number of imide groups is 1. The molecule has 0 radical (unpaired) electrons. The zero-order valence-electron chi connectivity index (χ0n) is 13.7. The minimum absolute atomic E-state index is 0.0123. The summed E-state index contributed by atoms with van der Waals surface area (Å²) in [5, 5.41) is 15.9. The first-order valence-electron chi connectivity index (χ1n) is 7.42. The maximum Gasteiger partial charge on any atom is 0.321 e. The summed E-state index contributed by atoms with van der Waals surface area (Å²) in [4.78, 5) is 27.6. The second-order valence-electron chi connectivity index (χ2n) is 5.12. The molecule has 0 unspecified atom stereocenters. The van der Waals surface area contributed by atoms with Gasteiger partial charge in [0.15, 0.2) is 0 Å². The van der Waals surface area contributed by atoms with E-state index >= 15 is 0 Å². The Morgan fingerprint density at radius 2 is 2.21 bits per heavy atom. The van der Waals surface area contributed by atoms with E-state index in [0.29, 0.717) is 12.3 Å². The number of thioether (sulfide) groups is 1. The van der Waals surface area contributed by atoms with E-state index in [9.17, 15) is 9.59 Å². The van der Waals surface area contributed by atoms with Crippen molar-refractivity contribution in [1.29, 1.82) is 0 Å². The minimum atomic E-state index is -0.500. The Kier molecular flexibility index (Phi) is 6.73. The Morgan fingerprint density at radius 3 is 2.88 bits per heavy atom. The molecule has 1 atom stereocenters. The second kappa shape index (κ2) is 8.78. The van der Waals surface area contributed by atoms with Gasteiger partial charge in [0, 0.05) is 11.4 Å². The summed E-state index contributed by atoms with van der Waals surface area (Å²) >= 11 is 2.64. The van der Waals surface area contributed by atoms with Gasteiger partial charge >= 0.3 is 6.03 Å². The van der Waals surface area contributed by atoms with Gasteiger partial charge in [-0.2, -0.15) is 0 Å². The van der Waals surface area contributed by atoms with E-state index in [0.717, 1.165) is 28.9 Å². The molecule has 8 nitrogen and oxygen atoms in total. The lowest BCUT2D eigenvalue weighted by atomic mass is 10.3. The molecule has 3 amide bonds. The van der Waals surface area contributed by atoms with Crippen LogP contribution >= 0.6 is 23.1 Å².